The summed E-state index contributed by atoms with van der Waals surface area (Å²) >= 11 is 0. The molecule has 1 heterocycles. The fraction of sp³-hybridized carbons (Fsp3) is 0.545. The lowest BCUT2D eigenvalue weighted by Gasteiger charge is -2.23. The molecule has 6 nitrogen and oxygen atoms in total. The predicted octanol–water partition coefficient (Wildman–Crippen LogP) is 4.08. The molecule has 1 atom stereocenters. The molecular formula is C22H33N3O3. The number of carbonyl (C=O) groups excluding carboxylic acids is 2. The maximum absolute atomic E-state index is 13.3. The average molecular weight is 388 g/mol. The SMILES string of the molecule is CCCC(NC(=O)OC(C)(C)C)C(=O)n1cc(CCN(C)C)c2ccccc21. The number of aromatic nitrogens is 1. The zero-order chi connectivity index (χ0) is 20.9. The van der Waals surface area contributed by atoms with Gasteiger partial charge in [0.05, 0.1) is 5.52 Å². The molecule has 0 spiro atoms. The van der Waals surface area contributed by atoms with Gasteiger partial charge in [-0.25, -0.2) is 4.79 Å². The van der Waals surface area contributed by atoms with Crippen LogP contribution in [0.1, 0.15) is 50.9 Å². The fourth-order valence-corrected chi connectivity index (χ4v) is 3.14. The van der Waals surface area contributed by atoms with E-state index in [-0.39, 0.29) is 5.91 Å². The van der Waals surface area contributed by atoms with Gasteiger partial charge in [-0.1, -0.05) is 31.5 Å². The van der Waals surface area contributed by atoms with Crippen molar-refractivity contribution >= 4 is 22.9 Å². The van der Waals surface area contributed by atoms with Gasteiger partial charge in [-0.3, -0.25) is 9.36 Å². The Balaban J connectivity index is 2.31. The van der Waals surface area contributed by atoms with Gasteiger partial charge in [0.1, 0.15) is 11.6 Å². The first kappa shape index (κ1) is 22.0. The van der Waals surface area contributed by atoms with Crippen LogP contribution in [0.5, 0.6) is 0 Å². The molecule has 1 N–H and O–H groups in total. The lowest BCUT2D eigenvalue weighted by molar-refractivity contribution is 0.0479. The quantitative estimate of drug-likeness (QED) is 0.778. The second kappa shape index (κ2) is 9.24. The molecule has 0 aliphatic carbocycles. The number of ether oxygens (including phenoxy) is 1. The van der Waals surface area contributed by atoms with E-state index in [1.807, 2.05) is 51.5 Å². The van der Waals surface area contributed by atoms with Crippen LogP contribution in [-0.2, 0) is 11.2 Å². The van der Waals surface area contributed by atoms with Gasteiger partial charge in [-0.05, 0) is 59.3 Å². The highest BCUT2D eigenvalue weighted by Gasteiger charge is 2.26. The van der Waals surface area contributed by atoms with Gasteiger partial charge >= 0.3 is 6.09 Å². The van der Waals surface area contributed by atoms with Gasteiger partial charge in [0.15, 0.2) is 0 Å². The summed E-state index contributed by atoms with van der Waals surface area (Å²) in [4.78, 5) is 27.6. The first-order valence-electron chi connectivity index (χ1n) is 9.89. The van der Waals surface area contributed by atoms with Crippen molar-refractivity contribution < 1.29 is 14.3 Å². The molecule has 1 aromatic carbocycles. The maximum Gasteiger partial charge on any atom is 0.408 e. The molecule has 0 bridgehead atoms. The van der Waals surface area contributed by atoms with Crippen LogP contribution in [0.25, 0.3) is 10.9 Å². The first-order chi connectivity index (χ1) is 13.1. The topological polar surface area (TPSA) is 63.6 Å². The third-order valence-electron chi connectivity index (χ3n) is 4.43. The van der Waals surface area contributed by atoms with Crippen molar-refractivity contribution in [2.75, 3.05) is 20.6 Å². The number of nitrogens with one attached hydrogen (secondary N) is 1. The molecule has 1 unspecified atom stereocenters. The maximum atomic E-state index is 13.3. The molecule has 2 rings (SSSR count). The fourth-order valence-electron chi connectivity index (χ4n) is 3.14. The molecule has 0 saturated heterocycles. The van der Waals surface area contributed by atoms with Crippen molar-refractivity contribution in [3.63, 3.8) is 0 Å². The van der Waals surface area contributed by atoms with E-state index in [9.17, 15) is 9.59 Å². The summed E-state index contributed by atoms with van der Waals surface area (Å²) in [5, 5.41) is 3.83. The Bertz CT molecular complexity index is 818. The van der Waals surface area contributed by atoms with Gasteiger partial charge in [-0.2, -0.15) is 0 Å². The van der Waals surface area contributed by atoms with E-state index in [2.05, 4.69) is 10.2 Å². The molecule has 0 aliphatic rings. The molecular weight excluding hydrogens is 354 g/mol. The lowest BCUT2D eigenvalue weighted by Crippen LogP contribution is -2.45. The molecule has 154 valence electrons. The van der Waals surface area contributed by atoms with Crippen LogP contribution in [-0.4, -0.2) is 53.8 Å². The summed E-state index contributed by atoms with van der Waals surface area (Å²) in [7, 11) is 4.07. The average Bonchev–Trinajstić information content (AvgIpc) is 2.96. The van der Waals surface area contributed by atoms with Gasteiger partial charge in [-0.15, -0.1) is 0 Å². The number of carbonyl (C=O) groups is 2. The van der Waals surface area contributed by atoms with Crippen LogP contribution in [0, 0.1) is 0 Å². The molecule has 0 radical (unpaired) electrons. The summed E-state index contributed by atoms with van der Waals surface area (Å²) < 4.78 is 7.02. The minimum absolute atomic E-state index is 0.139. The van der Waals surface area contributed by atoms with Crippen LogP contribution in [0.3, 0.4) is 0 Å². The first-order valence-corrected chi connectivity index (χ1v) is 9.89. The largest absolute Gasteiger partial charge is 0.444 e. The monoisotopic (exact) mass is 387 g/mol. The molecule has 1 amide bonds. The number of hydrogen-bond donors (Lipinski definition) is 1. The zero-order valence-corrected chi connectivity index (χ0v) is 17.9. The number of alkyl carbamates (subject to hydrolysis) is 1. The van der Waals surface area contributed by atoms with Crippen molar-refractivity contribution in [2.45, 2.75) is 58.6 Å². The lowest BCUT2D eigenvalue weighted by atomic mass is 10.1. The predicted molar refractivity (Wildman–Crippen MR) is 113 cm³/mol. The molecule has 6 heteroatoms. The van der Waals surface area contributed by atoms with Crippen molar-refractivity contribution in [3.8, 4) is 0 Å². The van der Waals surface area contributed by atoms with Gasteiger partial charge in [0.2, 0.25) is 0 Å². The summed E-state index contributed by atoms with van der Waals surface area (Å²) in [6, 6.07) is 7.28. The molecule has 1 aromatic heterocycles. The Morgan fingerprint density at radius 1 is 1.21 bits per heavy atom. The second-order valence-corrected chi connectivity index (χ2v) is 8.42. The highest BCUT2D eigenvalue weighted by atomic mass is 16.6. The summed E-state index contributed by atoms with van der Waals surface area (Å²) in [5.41, 5.74) is 1.39. The molecule has 2 aromatic rings. The smallest absolute Gasteiger partial charge is 0.408 e. The number of likely N-dealkylation sites (N-methyl/N-ethyl adjacent to an activating group) is 1. The summed E-state index contributed by atoms with van der Waals surface area (Å²) in [6.07, 6.45) is 3.53. The van der Waals surface area contributed by atoms with Crippen LogP contribution in [0.2, 0.25) is 0 Å². The normalized spacial score (nSPS) is 13.0. The summed E-state index contributed by atoms with van der Waals surface area (Å²) in [6.45, 7) is 8.31. The van der Waals surface area contributed by atoms with E-state index < -0.39 is 17.7 Å². The number of para-hydroxylation sites is 1. The van der Waals surface area contributed by atoms with Crippen LogP contribution >= 0.6 is 0 Å². The minimum atomic E-state index is -0.627. The van der Waals surface area contributed by atoms with E-state index in [1.54, 1.807) is 25.3 Å². The van der Waals surface area contributed by atoms with Crippen LogP contribution < -0.4 is 5.32 Å². The molecule has 0 aliphatic heterocycles. The third-order valence-corrected chi connectivity index (χ3v) is 4.43. The number of fused-ring (bicyclic) bond motifs is 1. The Morgan fingerprint density at radius 3 is 2.50 bits per heavy atom. The van der Waals surface area contributed by atoms with Gasteiger partial charge in [0, 0.05) is 18.1 Å². The highest BCUT2D eigenvalue weighted by Crippen LogP contribution is 2.23. The van der Waals surface area contributed by atoms with Crippen LogP contribution in [0.15, 0.2) is 30.5 Å². The van der Waals surface area contributed by atoms with Gasteiger partial charge in [0.25, 0.3) is 5.91 Å². The number of rotatable bonds is 7. The van der Waals surface area contributed by atoms with E-state index in [0.29, 0.717) is 6.42 Å². The van der Waals surface area contributed by atoms with Gasteiger partial charge < -0.3 is 15.0 Å². The molecule has 28 heavy (non-hydrogen) atoms. The summed E-state index contributed by atoms with van der Waals surface area (Å²) in [5.74, 6) is -0.139. The minimum Gasteiger partial charge on any atom is -0.444 e. The van der Waals surface area contributed by atoms with Crippen molar-refractivity contribution in [2.24, 2.45) is 0 Å². The number of benzene rings is 1. The highest BCUT2D eigenvalue weighted by molar-refractivity contribution is 5.97. The van der Waals surface area contributed by atoms with E-state index in [0.717, 1.165) is 35.9 Å². The van der Waals surface area contributed by atoms with Crippen LogP contribution in [0.4, 0.5) is 4.79 Å². The number of amides is 1. The van der Waals surface area contributed by atoms with Crippen molar-refractivity contribution in [3.05, 3.63) is 36.0 Å². The molecule has 0 saturated carbocycles. The Kier molecular flexibility index (Phi) is 7.24. The second-order valence-electron chi connectivity index (χ2n) is 8.42. The zero-order valence-electron chi connectivity index (χ0n) is 17.9. The number of nitrogens with zero attached hydrogens (tertiary/aromatic N) is 2. The van der Waals surface area contributed by atoms with Crippen molar-refractivity contribution in [1.82, 2.24) is 14.8 Å². The van der Waals surface area contributed by atoms with E-state index in [1.165, 1.54) is 0 Å². The standard InChI is InChI=1S/C22H33N3O3/c1-7-10-18(23-21(27)28-22(2,3)4)20(26)25-15-16(13-14-24(5)6)17-11-8-9-12-19(17)25/h8-9,11-12,15,18H,7,10,13-14H2,1-6H3,(H,23,27). The third kappa shape index (κ3) is 5.83. The number of hydrogen-bond acceptors (Lipinski definition) is 4. The Hall–Kier alpha value is -2.34. The Morgan fingerprint density at radius 2 is 1.89 bits per heavy atom. The van der Waals surface area contributed by atoms with E-state index >= 15 is 0 Å². The molecule has 0 fully saturated rings. The van der Waals surface area contributed by atoms with E-state index in [4.69, 9.17) is 4.74 Å². The Labute approximate surface area is 167 Å². The van der Waals surface area contributed by atoms with Crippen molar-refractivity contribution in [1.29, 1.82) is 0 Å².